The van der Waals surface area contributed by atoms with Crippen LogP contribution in [0.25, 0.3) is 0 Å². The van der Waals surface area contributed by atoms with Crippen molar-refractivity contribution in [3.63, 3.8) is 0 Å². The first-order valence-corrected chi connectivity index (χ1v) is 10.8. The van der Waals surface area contributed by atoms with Crippen LogP contribution in [0.15, 0.2) is 52.5 Å². The Hall–Kier alpha value is -2.98. The van der Waals surface area contributed by atoms with E-state index in [-0.39, 0.29) is 10.6 Å². The third-order valence-corrected chi connectivity index (χ3v) is 5.67. The van der Waals surface area contributed by atoms with E-state index in [1.807, 2.05) is 24.3 Å². The number of hydrogen-bond acceptors (Lipinski definition) is 7. The van der Waals surface area contributed by atoms with Crippen LogP contribution >= 0.6 is 0 Å². The zero-order valence-corrected chi connectivity index (χ0v) is 16.6. The Bertz CT molecular complexity index is 998. The van der Waals surface area contributed by atoms with Crippen molar-refractivity contribution in [3.05, 3.63) is 58.1 Å². The van der Waals surface area contributed by atoms with E-state index in [4.69, 9.17) is 5.14 Å². The molecule has 0 spiro atoms. The lowest BCUT2D eigenvalue weighted by Gasteiger charge is -2.22. The first kappa shape index (κ1) is 20.7. The van der Waals surface area contributed by atoms with Crippen molar-refractivity contribution in [3.8, 4) is 0 Å². The standard InChI is InChI=1S/C19H23N5O4S/c20-29(27,28)17-9-10-18(19(13-17)24(25)26)22-21-14-15-5-7-16(8-6-15)23-11-3-1-2-4-12-23/h5-10,13-14,22H,1-4,11-12H2,(H2,20,27,28)/b21-14-. The number of hydrazone groups is 1. The van der Waals surface area contributed by atoms with Crippen molar-refractivity contribution in [2.75, 3.05) is 23.4 Å². The fraction of sp³-hybridized carbons (Fsp3) is 0.316. The summed E-state index contributed by atoms with van der Waals surface area (Å²) < 4.78 is 22.8. The Morgan fingerprint density at radius 1 is 1.07 bits per heavy atom. The molecular weight excluding hydrogens is 394 g/mol. The lowest BCUT2D eigenvalue weighted by Crippen LogP contribution is -2.23. The second-order valence-electron chi connectivity index (χ2n) is 6.84. The molecule has 1 heterocycles. The molecule has 1 aliphatic heterocycles. The Labute approximate surface area is 169 Å². The van der Waals surface area contributed by atoms with E-state index in [2.05, 4.69) is 15.4 Å². The van der Waals surface area contributed by atoms with Gasteiger partial charge in [0.1, 0.15) is 5.69 Å². The smallest absolute Gasteiger partial charge is 0.295 e. The van der Waals surface area contributed by atoms with Gasteiger partial charge in [0.2, 0.25) is 10.0 Å². The van der Waals surface area contributed by atoms with Crippen LogP contribution in [0.5, 0.6) is 0 Å². The summed E-state index contributed by atoms with van der Waals surface area (Å²) in [6.45, 7) is 2.13. The van der Waals surface area contributed by atoms with Crippen molar-refractivity contribution in [2.24, 2.45) is 10.2 Å². The van der Waals surface area contributed by atoms with Crippen molar-refractivity contribution in [1.82, 2.24) is 0 Å². The van der Waals surface area contributed by atoms with Crippen molar-refractivity contribution in [2.45, 2.75) is 30.6 Å². The van der Waals surface area contributed by atoms with E-state index in [0.717, 1.165) is 24.7 Å². The highest BCUT2D eigenvalue weighted by Gasteiger charge is 2.18. The summed E-state index contributed by atoms with van der Waals surface area (Å²) in [5, 5.41) is 20.3. The lowest BCUT2D eigenvalue weighted by atomic mass is 10.2. The van der Waals surface area contributed by atoms with Gasteiger partial charge in [-0.25, -0.2) is 13.6 Å². The molecule has 0 bridgehead atoms. The van der Waals surface area contributed by atoms with Crippen molar-refractivity contribution < 1.29 is 13.3 Å². The number of nitrogens with zero attached hydrogens (tertiary/aromatic N) is 3. The molecule has 29 heavy (non-hydrogen) atoms. The lowest BCUT2D eigenvalue weighted by molar-refractivity contribution is -0.384. The van der Waals surface area contributed by atoms with Crippen LogP contribution in [0, 0.1) is 10.1 Å². The van der Waals surface area contributed by atoms with Crippen molar-refractivity contribution >= 4 is 33.3 Å². The largest absolute Gasteiger partial charge is 0.372 e. The Kier molecular flexibility index (Phi) is 6.45. The summed E-state index contributed by atoms with van der Waals surface area (Å²) in [5.74, 6) is 0. The summed E-state index contributed by atoms with van der Waals surface area (Å²) in [7, 11) is -4.03. The Morgan fingerprint density at radius 2 is 1.72 bits per heavy atom. The number of nitrogens with two attached hydrogens (primary N) is 1. The van der Waals surface area contributed by atoms with Gasteiger partial charge in [0.25, 0.3) is 5.69 Å². The van der Waals surface area contributed by atoms with Crippen LogP contribution in [-0.2, 0) is 10.0 Å². The van der Waals surface area contributed by atoms with Crippen molar-refractivity contribution in [1.29, 1.82) is 0 Å². The minimum atomic E-state index is -4.03. The molecule has 0 saturated carbocycles. The highest BCUT2D eigenvalue weighted by molar-refractivity contribution is 7.89. The van der Waals surface area contributed by atoms with Crippen LogP contribution in [0.3, 0.4) is 0 Å². The number of nitrogens with one attached hydrogen (secondary N) is 1. The second-order valence-corrected chi connectivity index (χ2v) is 8.41. The van der Waals surface area contributed by atoms with Crippen LogP contribution in [0.1, 0.15) is 31.2 Å². The average Bonchev–Trinajstić information content (AvgIpc) is 2.97. The fourth-order valence-corrected chi connectivity index (χ4v) is 3.74. The zero-order valence-electron chi connectivity index (χ0n) is 15.8. The molecule has 2 aromatic carbocycles. The van der Waals surface area contributed by atoms with Gasteiger partial charge in [-0.2, -0.15) is 5.10 Å². The van der Waals surface area contributed by atoms with Gasteiger partial charge in [-0.05, 0) is 42.7 Å². The molecule has 154 valence electrons. The van der Waals surface area contributed by atoms with Crippen LogP contribution in [0.2, 0.25) is 0 Å². The third-order valence-electron chi connectivity index (χ3n) is 4.76. The molecule has 1 saturated heterocycles. The molecule has 3 N–H and O–H groups in total. The maximum Gasteiger partial charge on any atom is 0.295 e. The summed E-state index contributed by atoms with van der Waals surface area (Å²) in [4.78, 5) is 12.6. The predicted molar refractivity (Wildman–Crippen MR) is 113 cm³/mol. The second kappa shape index (κ2) is 9.01. The summed E-state index contributed by atoms with van der Waals surface area (Å²) in [6, 6.07) is 11.3. The molecule has 0 aromatic heterocycles. The highest BCUT2D eigenvalue weighted by atomic mass is 32.2. The number of benzene rings is 2. The topological polar surface area (TPSA) is 131 Å². The Balaban J connectivity index is 1.70. The van der Waals surface area contributed by atoms with Crippen LogP contribution in [0.4, 0.5) is 17.1 Å². The molecular formula is C19H23N5O4S. The molecule has 0 unspecified atom stereocenters. The minimum absolute atomic E-state index is 0.0693. The van der Waals surface area contributed by atoms with E-state index >= 15 is 0 Å². The first-order chi connectivity index (χ1) is 13.8. The van der Waals surface area contributed by atoms with Gasteiger partial charge >= 0.3 is 0 Å². The van der Waals surface area contributed by atoms with Gasteiger partial charge in [0.05, 0.1) is 16.0 Å². The molecule has 0 radical (unpaired) electrons. The average molecular weight is 417 g/mol. The maximum atomic E-state index is 11.4. The quantitative estimate of drug-likeness (QED) is 0.422. The number of nitro groups is 1. The molecule has 0 amide bonds. The van der Waals surface area contributed by atoms with Gasteiger partial charge in [-0.15, -0.1) is 0 Å². The molecule has 0 atom stereocenters. The molecule has 0 aliphatic carbocycles. The SMILES string of the molecule is NS(=O)(=O)c1ccc(N/N=C\c2ccc(N3CCCCCC3)cc2)c([N+](=O)[O-])c1. The minimum Gasteiger partial charge on any atom is -0.372 e. The molecule has 1 fully saturated rings. The van der Waals surface area contributed by atoms with Gasteiger partial charge in [0.15, 0.2) is 0 Å². The highest BCUT2D eigenvalue weighted by Crippen LogP contribution is 2.27. The number of rotatable bonds is 6. The van der Waals surface area contributed by atoms with Gasteiger partial charge in [-0.3, -0.25) is 15.5 Å². The summed E-state index contributed by atoms with van der Waals surface area (Å²) in [5.41, 5.74) is 4.24. The van der Waals surface area contributed by atoms with Gasteiger partial charge in [-0.1, -0.05) is 25.0 Å². The molecule has 1 aliphatic rings. The number of hydrogen-bond donors (Lipinski definition) is 2. The monoisotopic (exact) mass is 417 g/mol. The molecule has 10 heteroatoms. The fourth-order valence-electron chi connectivity index (χ4n) is 3.21. The molecule has 3 rings (SSSR count). The summed E-state index contributed by atoms with van der Waals surface area (Å²) >= 11 is 0. The maximum absolute atomic E-state index is 11.4. The third kappa shape index (κ3) is 5.52. The zero-order chi connectivity index (χ0) is 20.9. The van der Waals surface area contributed by atoms with Gasteiger partial charge in [0, 0.05) is 24.8 Å². The van der Waals surface area contributed by atoms with E-state index in [1.54, 1.807) is 6.21 Å². The van der Waals surface area contributed by atoms with Crippen LogP contribution < -0.4 is 15.5 Å². The van der Waals surface area contributed by atoms with Gasteiger partial charge < -0.3 is 4.90 Å². The number of anilines is 2. The van der Waals surface area contributed by atoms with E-state index in [9.17, 15) is 18.5 Å². The first-order valence-electron chi connectivity index (χ1n) is 9.30. The predicted octanol–water partition coefficient (Wildman–Crippen LogP) is 3.07. The normalized spacial score (nSPS) is 15.3. The summed E-state index contributed by atoms with van der Waals surface area (Å²) in [6.07, 6.45) is 6.50. The molecule has 2 aromatic rings. The van der Waals surface area contributed by atoms with E-state index < -0.39 is 20.6 Å². The molecule has 9 nitrogen and oxygen atoms in total. The number of primary sulfonamides is 1. The Morgan fingerprint density at radius 3 is 2.31 bits per heavy atom. The van der Waals surface area contributed by atoms with E-state index in [1.165, 1.54) is 43.5 Å². The van der Waals surface area contributed by atoms with Crippen LogP contribution in [-0.4, -0.2) is 32.6 Å². The number of sulfonamides is 1. The number of nitro benzene ring substituents is 1. The van der Waals surface area contributed by atoms with E-state index in [0.29, 0.717) is 0 Å².